The summed E-state index contributed by atoms with van der Waals surface area (Å²) in [6, 6.07) is 3.25. The second-order valence-corrected chi connectivity index (χ2v) is 9.61. The van der Waals surface area contributed by atoms with E-state index in [1.807, 2.05) is 24.3 Å². The van der Waals surface area contributed by atoms with Gasteiger partial charge in [-0.25, -0.2) is 4.79 Å². The molecule has 14 heteroatoms. The van der Waals surface area contributed by atoms with Crippen molar-refractivity contribution in [3.63, 3.8) is 0 Å². The van der Waals surface area contributed by atoms with Gasteiger partial charge in [-0.15, -0.1) is 0 Å². The molecule has 0 aliphatic carbocycles. The van der Waals surface area contributed by atoms with Gasteiger partial charge in [-0.05, 0) is 57.2 Å². The third-order valence-corrected chi connectivity index (χ3v) is 6.29. The van der Waals surface area contributed by atoms with Crippen molar-refractivity contribution in [1.29, 1.82) is 0 Å². The second-order valence-electron chi connectivity index (χ2n) is 9.61. The number of carboxylic acids is 1. The van der Waals surface area contributed by atoms with Crippen LogP contribution in [0.25, 0.3) is 10.9 Å². The Kier molecular flexibility index (Phi) is 12.9. The third-order valence-electron chi connectivity index (χ3n) is 6.29. The average Bonchev–Trinajstić information content (AvgIpc) is 3.31. The van der Waals surface area contributed by atoms with E-state index in [2.05, 4.69) is 25.9 Å². The molecule has 4 unspecified atom stereocenters. The Morgan fingerprint density at radius 1 is 0.925 bits per heavy atom. The zero-order valence-corrected chi connectivity index (χ0v) is 22.7. The molecule has 220 valence electrons. The Labute approximate surface area is 232 Å². The van der Waals surface area contributed by atoms with Gasteiger partial charge in [-0.2, -0.15) is 0 Å². The summed E-state index contributed by atoms with van der Waals surface area (Å²) in [6.07, 6.45) is 3.63. The third kappa shape index (κ3) is 10.2. The van der Waals surface area contributed by atoms with Crippen LogP contribution in [0.1, 0.15) is 44.6 Å². The van der Waals surface area contributed by atoms with Crippen molar-refractivity contribution < 1.29 is 24.3 Å². The Morgan fingerprint density at radius 3 is 2.20 bits per heavy atom. The van der Waals surface area contributed by atoms with Crippen LogP contribution in [-0.2, 0) is 25.6 Å². The zero-order valence-electron chi connectivity index (χ0n) is 22.7. The van der Waals surface area contributed by atoms with E-state index in [0.717, 1.165) is 16.5 Å². The number of nitrogens with one attached hydrogen (secondary N) is 4. The summed E-state index contributed by atoms with van der Waals surface area (Å²) in [5.41, 5.74) is 23.5. The van der Waals surface area contributed by atoms with Gasteiger partial charge in [0.25, 0.3) is 0 Å². The standard InChI is InChI=1S/C26H41N9O5/c1-15(28)22(36)33-19(10-6-12-31-26(29)30)23(37)35-21(13-16-14-32-18-8-3-2-7-17(16)18)24(38)34-20(25(39)40)9-4-5-11-27/h2-3,7-8,14-15,19-21,32H,4-6,9-13,27-28H2,1H3,(H,33,36)(H,34,38)(H,35,37)(H,39,40)(H4,29,30,31). The van der Waals surface area contributed by atoms with Crippen molar-refractivity contribution in [2.75, 3.05) is 13.1 Å². The number of aliphatic imine (C=N–C) groups is 1. The van der Waals surface area contributed by atoms with E-state index in [0.29, 0.717) is 25.8 Å². The molecule has 40 heavy (non-hydrogen) atoms. The number of carboxylic acid groups (broad SMARTS) is 1. The molecule has 1 aromatic heterocycles. The summed E-state index contributed by atoms with van der Waals surface area (Å²) in [4.78, 5) is 58.0. The molecule has 0 radical (unpaired) electrons. The van der Waals surface area contributed by atoms with E-state index in [4.69, 9.17) is 22.9 Å². The van der Waals surface area contributed by atoms with Crippen molar-refractivity contribution >= 4 is 40.6 Å². The number of aromatic amines is 1. The van der Waals surface area contributed by atoms with Crippen LogP contribution >= 0.6 is 0 Å². The van der Waals surface area contributed by atoms with Crippen LogP contribution in [0, 0.1) is 0 Å². The normalized spacial score (nSPS) is 14.0. The Balaban J connectivity index is 2.29. The fraction of sp³-hybridized carbons (Fsp3) is 0.500. The number of nitrogens with zero attached hydrogens (tertiary/aromatic N) is 1. The number of carbonyl (C=O) groups is 4. The lowest BCUT2D eigenvalue weighted by molar-refractivity contribution is -0.142. The zero-order chi connectivity index (χ0) is 29.7. The van der Waals surface area contributed by atoms with Gasteiger partial charge in [-0.1, -0.05) is 18.2 Å². The highest BCUT2D eigenvalue weighted by atomic mass is 16.4. The number of fused-ring (bicyclic) bond motifs is 1. The van der Waals surface area contributed by atoms with Crippen molar-refractivity contribution in [2.24, 2.45) is 27.9 Å². The first-order valence-corrected chi connectivity index (χ1v) is 13.2. The Bertz CT molecular complexity index is 1180. The Morgan fingerprint density at radius 2 is 1.55 bits per heavy atom. The molecular formula is C26H41N9O5. The highest BCUT2D eigenvalue weighted by molar-refractivity contribution is 5.94. The van der Waals surface area contributed by atoms with E-state index in [9.17, 15) is 24.3 Å². The van der Waals surface area contributed by atoms with Gasteiger partial charge in [-0.3, -0.25) is 19.4 Å². The fourth-order valence-electron chi connectivity index (χ4n) is 4.10. The second kappa shape index (κ2) is 16.1. The van der Waals surface area contributed by atoms with E-state index in [-0.39, 0.29) is 31.8 Å². The molecule has 0 spiro atoms. The van der Waals surface area contributed by atoms with Crippen molar-refractivity contribution in [1.82, 2.24) is 20.9 Å². The minimum Gasteiger partial charge on any atom is -0.480 e. The number of nitrogens with two attached hydrogens (primary N) is 4. The van der Waals surface area contributed by atoms with Gasteiger partial charge >= 0.3 is 5.97 Å². The molecule has 1 aromatic carbocycles. The maximum atomic E-state index is 13.4. The molecule has 2 rings (SSSR count). The molecule has 1 heterocycles. The first-order valence-electron chi connectivity index (χ1n) is 13.2. The van der Waals surface area contributed by atoms with Crippen LogP contribution in [0.5, 0.6) is 0 Å². The lowest BCUT2D eigenvalue weighted by Gasteiger charge is -2.25. The lowest BCUT2D eigenvalue weighted by atomic mass is 10.0. The molecule has 0 fully saturated rings. The number of para-hydroxylation sites is 1. The maximum Gasteiger partial charge on any atom is 0.326 e. The first kappa shape index (κ1) is 32.0. The molecule has 0 aliphatic rings. The number of carbonyl (C=O) groups excluding carboxylic acids is 3. The van der Waals surface area contributed by atoms with Crippen molar-refractivity contribution in [3.8, 4) is 0 Å². The number of unbranched alkanes of at least 4 members (excludes halogenated alkanes) is 1. The number of hydrogen-bond donors (Lipinski definition) is 9. The van der Waals surface area contributed by atoms with Gasteiger partial charge in [0.15, 0.2) is 5.96 Å². The first-order chi connectivity index (χ1) is 19.0. The number of amides is 3. The van der Waals surface area contributed by atoms with Crippen molar-refractivity contribution in [3.05, 3.63) is 36.0 Å². The van der Waals surface area contributed by atoms with Gasteiger partial charge < -0.3 is 49.0 Å². The number of hydrogen-bond acceptors (Lipinski definition) is 7. The number of benzene rings is 1. The number of H-pyrrole nitrogens is 1. The summed E-state index contributed by atoms with van der Waals surface area (Å²) in [5.74, 6) is -3.14. The summed E-state index contributed by atoms with van der Waals surface area (Å²) in [7, 11) is 0. The molecule has 3 amide bonds. The number of guanidine groups is 1. The monoisotopic (exact) mass is 559 g/mol. The van der Waals surface area contributed by atoms with E-state index < -0.39 is 47.9 Å². The van der Waals surface area contributed by atoms with Gasteiger partial charge in [0.2, 0.25) is 17.7 Å². The van der Waals surface area contributed by atoms with E-state index in [1.165, 1.54) is 6.92 Å². The van der Waals surface area contributed by atoms with Crippen LogP contribution in [0.4, 0.5) is 0 Å². The molecule has 2 aromatic rings. The molecule has 0 saturated carbocycles. The molecular weight excluding hydrogens is 518 g/mol. The summed E-state index contributed by atoms with van der Waals surface area (Å²) >= 11 is 0. The number of aliphatic carboxylic acids is 1. The fourth-order valence-corrected chi connectivity index (χ4v) is 4.10. The lowest BCUT2D eigenvalue weighted by Crippen LogP contribution is -2.57. The molecule has 0 saturated heterocycles. The largest absolute Gasteiger partial charge is 0.480 e. The summed E-state index contributed by atoms with van der Waals surface area (Å²) < 4.78 is 0. The van der Waals surface area contributed by atoms with Crippen molar-refractivity contribution in [2.45, 2.75) is 69.6 Å². The summed E-state index contributed by atoms with van der Waals surface area (Å²) in [6.45, 7) is 2.10. The maximum absolute atomic E-state index is 13.4. The predicted molar refractivity (Wildman–Crippen MR) is 152 cm³/mol. The molecule has 14 nitrogen and oxygen atoms in total. The highest BCUT2D eigenvalue weighted by Gasteiger charge is 2.30. The van der Waals surface area contributed by atoms with Crippen LogP contribution in [0.2, 0.25) is 0 Å². The topological polar surface area (TPSA) is 257 Å². The molecule has 13 N–H and O–H groups in total. The number of rotatable bonds is 17. The molecule has 0 aliphatic heterocycles. The minimum absolute atomic E-state index is 0.0681. The van der Waals surface area contributed by atoms with Gasteiger partial charge in [0, 0.05) is 30.1 Å². The van der Waals surface area contributed by atoms with Crippen LogP contribution < -0.4 is 38.9 Å². The van der Waals surface area contributed by atoms with Crippen LogP contribution in [0.3, 0.4) is 0 Å². The number of aromatic nitrogens is 1. The smallest absolute Gasteiger partial charge is 0.326 e. The minimum atomic E-state index is -1.19. The quantitative estimate of drug-likeness (QED) is 0.0638. The highest BCUT2D eigenvalue weighted by Crippen LogP contribution is 2.19. The molecule has 0 bridgehead atoms. The summed E-state index contributed by atoms with van der Waals surface area (Å²) in [5, 5.41) is 18.4. The Hall–Kier alpha value is -4.17. The molecule has 4 atom stereocenters. The SMILES string of the molecule is CC(N)C(=O)NC(CCCN=C(N)N)C(=O)NC(Cc1c[nH]c2ccccc12)C(=O)NC(CCCCN)C(=O)O. The van der Waals surface area contributed by atoms with Gasteiger partial charge in [0.1, 0.15) is 18.1 Å². The van der Waals surface area contributed by atoms with E-state index in [1.54, 1.807) is 6.20 Å². The average molecular weight is 560 g/mol. The van der Waals surface area contributed by atoms with Gasteiger partial charge in [0.05, 0.1) is 6.04 Å². The predicted octanol–water partition coefficient (Wildman–Crippen LogP) is -1.22. The van der Waals surface area contributed by atoms with Crippen LogP contribution in [-0.4, -0.2) is 77.0 Å². The van der Waals surface area contributed by atoms with E-state index >= 15 is 0 Å². The van der Waals surface area contributed by atoms with Crippen LogP contribution in [0.15, 0.2) is 35.5 Å².